The Balaban J connectivity index is 1.79. The van der Waals surface area contributed by atoms with E-state index in [-0.39, 0.29) is 0 Å². The molecule has 0 bridgehead atoms. The minimum atomic E-state index is 0.914. The first-order valence-corrected chi connectivity index (χ1v) is 8.09. The van der Waals surface area contributed by atoms with Crippen molar-refractivity contribution in [2.24, 2.45) is 0 Å². The lowest BCUT2D eigenvalue weighted by atomic mass is 9.91. The normalized spacial score (nSPS) is 11.0. The largest absolute Gasteiger partial charge is 0.220 e. The van der Waals surface area contributed by atoms with Gasteiger partial charge in [0, 0.05) is 0 Å². The van der Waals surface area contributed by atoms with Crippen molar-refractivity contribution in [3.63, 3.8) is 0 Å². The van der Waals surface area contributed by atoms with Gasteiger partial charge in [-0.1, -0.05) is 29.5 Å². The molecule has 0 aliphatic heterocycles. The van der Waals surface area contributed by atoms with E-state index in [9.17, 15) is 0 Å². The minimum absolute atomic E-state index is 0.914. The van der Waals surface area contributed by atoms with Gasteiger partial charge in [0.1, 0.15) is 0 Å². The second-order valence-electron chi connectivity index (χ2n) is 6.23. The molecule has 3 rings (SSSR count). The van der Waals surface area contributed by atoms with Crippen molar-refractivity contribution in [3.8, 4) is 5.69 Å². The fraction of sp³-hybridized carbons (Fsp3) is 0.300. The summed E-state index contributed by atoms with van der Waals surface area (Å²) in [5, 5.41) is 8.57. The molecule has 0 N–H and O–H groups in total. The summed E-state index contributed by atoms with van der Waals surface area (Å²) in [6.07, 6.45) is 3.95. The van der Waals surface area contributed by atoms with Crippen LogP contribution in [0.25, 0.3) is 5.69 Å². The first kappa shape index (κ1) is 15.5. The molecular formula is C20H23N3. The van der Waals surface area contributed by atoms with Gasteiger partial charge >= 0.3 is 0 Å². The molecule has 2 aromatic carbocycles. The van der Waals surface area contributed by atoms with E-state index in [0.717, 1.165) is 24.2 Å². The highest BCUT2D eigenvalue weighted by molar-refractivity contribution is 5.44. The van der Waals surface area contributed by atoms with Crippen molar-refractivity contribution in [2.45, 2.75) is 40.5 Å². The van der Waals surface area contributed by atoms with Gasteiger partial charge in [-0.15, -0.1) is 5.10 Å². The molecule has 3 nitrogen and oxygen atoms in total. The highest BCUT2D eigenvalue weighted by Gasteiger charge is 2.10. The maximum atomic E-state index is 4.32. The molecule has 0 saturated carbocycles. The summed E-state index contributed by atoms with van der Waals surface area (Å²) in [5.41, 5.74) is 9.09. The van der Waals surface area contributed by atoms with Gasteiger partial charge in [0.15, 0.2) is 0 Å². The molecule has 23 heavy (non-hydrogen) atoms. The maximum Gasteiger partial charge on any atom is 0.0835 e. The van der Waals surface area contributed by atoms with Crippen LogP contribution in [0.4, 0.5) is 0 Å². The summed E-state index contributed by atoms with van der Waals surface area (Å²) in [6.45, 7) is 8.82. The van der Waals surface area contributed by atoms with Crippen LogP contribution in [0.1, 0.15) is 33.5 Å². The molecule has 1 aromatic heterocycles. The molecule has 0 aliphatic carbocycles. The Kier molecular flexibility index (Phi) is 4.28. The number of hydrogen-bond acceptors (Lipinski definition) is 2. The van der Waals surface area contributed by atoms with Crippen molar-refractivity contribution in [3.05, 3.63) is 76.1 Å². The van der Waals surface area contributed by atoms with Gasteiger partial charge < -0.3 is 0 Å². The van der Waals surface area contributed by atoms with E-state index in [0.29, 0.717) is 0 Å². The smallest absolute Gasteiger partial charge is 0.0835 e. The van der Waals surface area contributed by atoms with Crippen molar-refractivity contribution >= 4 is 0 Å². The molecule has 118 valence electrons. The van der Waals surface area contributed by atoms with Crippen LogP contribution in [0.15, 0.2) is 42.6 Å². The summed E-state index contributed by atoms with van der Waals surface area (Å²) < 4.78 is 1.84. The molecule has 0 fully saturated rings. The third-order valence-electron chi connectivity index (χ3n) is 4.71. The molecular weight excluding hydrogens is 282 g/mol. The van der Waals surface area contributed by atoms with E-state index in [1.807, 2.05) is 41.2 Å². The van der Waals surface area contributed by atoms with Gasteiger partial charge in [-0.25, -0.2) is 4.68 Å². The zero-order valence-electron chi connectivity index (χ0n) is 14.3. The molecule has 0 amide bonds. The SMILES string of the molecule is Cc1cc(C)c(C)c(CCc2cn(-c3ccccc3)nn2)c1C. The Morgan fingerprint density at radius 2 is 1.52 bits per heavy atom. The van der Waals surface area contributed by atoms with Crippen molar-refractivity contribution < 1.29 is 0 Å². The Labute approximate surface area is 138 Å². The van der Waals surface area contributed by atoms with E-state index < -0.39 is 0 Å². The predicted molar refractivity (Wildman–Crippen MR) is 94.2 cm³/mol. The fourth-order valence-electron chi connectivity index (χ4n) is 3.05. The van der Waals surface area contributed by atoms with Crippen LogP contribution in [0, 0.1) is 27.7 Å². The number of para-hydroxylation sites is 1. The van der Waals surface area contributed by atoms with Crippen molar-refractivity contribution in [2.75, 3.05) is 0 Å². The molecule has 3 aromatic rings. The van der Waals surface area contributed by atoms with Crippen LogP contribution in [-0.4, -0.2) is 15.0 Å². The highest BCUT2D eigenvalue weighted by Crippen LogP contribution is 2.23. The van der Waals surface area contributed by atoms with Gasteiger partial charge in [0.25, 0.3) is 0 Å². The van der Waals surface area contributed by atoms with E-state index >= 15 is 0 Å². The monoisotopic (exact) mass is 305 g/mol. The average molecular weight is 305 g/mol. The molecule has 0 saturated heterocycles. The van der Waals surface area contributed by atoms with Crippen LogP contribution in [-0.2, 0) is 12.8 Å². The Morgan fingerprint density at radius 3 is 2.17 bits per heavy atom. The summed E-state index contributed by atoms with van der Waals surface area (Å²) in [7, 11) is 0. The first-order valence-electron chi connectivity index (χ1n) is 8.09. The number of nitrogens with zero attached hydrogens (tertiary/aromatic N) is 3. The van der Waals surface area contributed by atoms with Crippen LogP contribution < -0.4 is 0 Å². The minimum Gasteiger partial charge on any atom is -0.220 e. The zero-order valence-corrected chi connectivity index (χ0v) is 14.3. The van der Waals surface area contributed by atoms with E-state index in [1.54, 1.807) is 0 Å². The van der Waals surface area contributed by atoms with E-state index in [2.05, 4.69) is 44.1 Å². The average Bonchev–Trinajstić information content (AvgIpc) is 3.03. The zero-order chi connectivity index (χ0) is 16.4. The van der Waals surface area contributed by atoms with Gasteiger partial charge in [0.05, 0.1) is 17.6 Å². The number of rotatable bonds is 4. The molecule has 0 radical (unpaired) electrons. The lowest BCUT2D eigenvalue weighted by molar-refractivity contribution is 0.793. The van der Waals surface area contributed by atoms with Crippen LogP contribution in [0.3, 0.4) is 0 Å². The first-order chi connectivity index (χ1) is 11.1. The van der Waals surface area contributed by atoms with Crippen LogP contribution >= 0.6 is 0 Å². The lowest BCUT2D eigenvalue weighted by Crippen LogP contribution is -2.01. The van der Waals surface area contributed by atoms with Crippen molar-refractivity contribution in [1.82, 2.24) is 15.0 Å². The molecule has 0 atom stereocenters. The van der Waals surface area contributed by atoms with Crippen molar-refractivity contribution in [1.29, 1.82) is 0 Å². The van der Waals surface area contributed by atoms with E-state index in [1.165, 1.54) is 27.8 Å². The number of benzene rings is 2. The molecule has 0 spiro atoms. The molecule has 1 heterocycles. The third kappa shape index (κ3) is 3.19. The Hall–Kier alpha value is -2.42. The third-order valence-corrected chi connectivity index (χ3v) is 4.71. The van der Waals surface area contributed by atoms with Gasteiger partial charge in [0.2, 0.25) is 0 Å². The summed E-state index contributed by atoms with van der Waals surface area (Å²) in [6, 6.07) is 12.4. The molecule has 3 heteroatoms. The Bertz CT molecular complexity index is 790. The van der Waals surface area contributed by atoms with Crippen LogP contribution in [0.2, 0.25) is 0 Å². The summed E-state index contributed by atoms with van der Waals surface area (Å²) in [5.74, 6) is 0. The molecule has 0 aliphatic rings. The second kappa shape index (κ2) is 6.37. The predicted octanol–water partition coefficient (Wildman–Crippen LogP) is 4.29. The summed E-state index contributed by atoms with van der Waals surface area (Å²) >= 11 is 0. The Morgan fingerprint density at radius 1 is 0.870 bits per heavy atom. The molecule has 0 unspecified atom stereocenters. The highest BCUT2D eigenvalue weighted by atomic mass is 15.4. The quantitative estimate of drug-likeness (QED) is 0.720. The number of aromatic nitrogens is 3. The van der Waals surface area contributed by atoms with Crippen LogP contribution in [0.5, 0.6) is 0 Å². The summed E-state index contributed by atoms with van der Waals surface area (Å²) in [4.78, 5) is 0. The topological polar surface area (TPSA) is 30.7 Å². The number of hydrogen-bond donors (Lipinski definition) is 0. The standard InChI is InChI=1S/C20H23N3/c1-14-12-15(2)17(4)20(16(14)3)11-10-18-13-23(22-21-18)19-8-6-5-7-9-19/h5-9,12-13H,10-11H2,1-4H3. The maximum absolute atomic E-state index is 4.32. The van der Waals surface area contributed by atoms with E-state index in [4.69, 9.17) is 0 Å². The van der Waals surface area contributed by atoms with Gasteiger partial charge in [-0.3, -0.25) is 0 Å². The lowest BCUT2D eigenvalue weighted by Gasteiger charge is -2.14. The second-order valence-corrected chi connectivity index (χ2v) is 6.23. The number of aryl methyl sites for hydroxylation is 3. The van der Waals surface area contributed by atoms with Gasteiger partial charge in [-0.05, 0) is 80.5 Å². The van der Waals surface area contributed by atoms with Gasteiger partial charge in [-0.2, -0.15) is 0 Å². The fourth-order valence-corrected chi connectivity index (χ4v) is 3.05.